The van der Waals surface area contributed by atoms with Crippen molar-refractivity contribution in [2.75, 3.05) is 5.32 Å². The molecule has 0 saturated heterocycles. The third-order valence-corrected chi connectivity index (χ3v) is 6.18. The zero-order chi connectivity index (χ0) is 17.2. The van der Waals surface area contributed by atoms with E-state index in [0.717, 1.165) is 37.0 Å². The Bertz CT molecular complexity index is 844. The van der Waals surface area contributed by atoms with Crippen LogP contribution >= 0.6 is 11.3 Å². The third-order valence-electron chi connectivity index (χ3n) is 4.98. The summed E-state index contributed by atoms with van der Waals surface area (Å²) in [6.07, 6.45) is 10.2. The van der Waals surface area contributed by atoms with Crippen LogP contribution < -0.4 is 5.32 Å². The molecule has 4 rings (SSSR count). The molecule has 25 heavy (non-hydrogen) atoms. The smallest absolute Gasteiger partial charge is 0.230 e. The molecule has 3 aromatic heterocycles. The topological polar surface area (TPSA) is 93.8 Å². The van der Waals surface area contributed by atoms with Crippen molar-refractivity contribution < 1.29 is 9.90 Å². The molecular weight excluding hydrogens is 336 g/mol. The molecule has 0 atom stereocenters. The van der Waals surface area contributed by atoms with Crippen molar-refractivity contribution in [1.82, 2.24) is 15.0 Å². The molecule has 3 heterocycles. The fourth-order valence-electron chi connectivity index (χ4n) is 3.67. The molecule has 1 fully saturated rings. The Morgan fingerprint density at radius 1 is 1.32 bits per heavy atom. The lowest BCUT2D eigenvalue weighted by Gasteiger charge is -2.25. The molecule has 3 aromatic rings. The molecule has 1 saturated carbocycles. The minimum Gasteiger partial charge on any atom is -0.393 e. The number of rotatable bonds is 5. The van der Waals surface area contributed by atoms with Gasteiger partial charge in [-0.15, -0.1) is 11.3 Å². The number of fused-ring (bicyclic) bond motifs is 1. The number of carbonyl (C=O) groups is 1. The predicted octanol–water partition coefficient (Wildman–Crippen LogP) is 3.23. The number of aliphatic hydroxyl groups is 1. The first-order valence-electron chi connectivity index (χ1n) is 8.73. The Kier molecular flexibility index (Phi) is 4.59. The number of imidazole rings is 1. The summed E-state index contributed by atoms with van der Waals surface area (Å²) in [6.45, 7) is 0. The van der Waals surface area contributed by atoms with Crippen molar-refractivity contribution in [2.45, 2.75) is 44.6 Å². The maximum absolute atomic E-state index is 12.4. The van der Waals surface area contributed by atoms with Gasteiger partial charge in [0.2, 0.25) is 5.91 Å². The zero-order valence-electron chi connectivity index (χ0n) is 13.9. The summed E-state index contributed by atoms with van der Waals surface area (Å²) in [6, 6.07) is 2.07. The van der Waals surface area contributed by atoms with Gasteiger partial charge in [-0.1, -0.05) is 0 Å². The summed E-state index contributed by atoms with van der Waals surface area (Å²) in [5, 5.41) is 12.6. The molecule has 1 aliphatic carbocycles. The molecule has 0 bridgehead atoms. The normalized spacial score (nSPS) is 20.8. The molecule has 1 amide bonds. The van der Waals surface area contributed by atoms with Crippen molar-refractivity contribution in [3.05, 3.63) is 35.2 Å². The minimum absolute atomic E-state index is 0.0338. The van der Waals surface area contributed by atoms with Gasteiger partial charge in [0.1, 0.15) is 5.82 Å². The van der Waals surface area contributed by atoms with Crippen LogP contribution in [-0.2, 0) is 17.6 Å². The Labute approximate surface area is 149 Å². The van der Waals surface area contributed by atoms with E-state index in [0.29, 0.717) is 18.2 Å². The largest absolute Gasteiger partial charge is 0.393 e. The highest BCUT2D eigenvalue weighted by Crippen LogP contribution is 2.36. The van der Waals surface area contributed by atoms with E-state index in [1.807, 2.05) is 6.20 Å². The Morgan fingerprint density at radius 2 is 2.16 bits per heavy atom. The number of nitrogens with zero attached hydrogens (tertiary/aromatic N) is 1. The molecule has 0 unspecified atom stereocenters. The van der Waals surface area contributed by atoms with E-state index in [4.69, 9.17) is 0 Å². The lowest BCUT2D eigenvalue weighted by Crippen LogP contribution is -2.20. The summed E-state index contributed by atoms with van der Waals surface area (Å²) in [4.78, 5) is 23.6. The first-order valence-corrected chi connectivity index (χ1v) is 9.54. The van der Waals surface area contributed by atoms with E-state index in [2.05, 4.69) is 26.3 Å². The first-order chi connectivity index (χ1) is 12.2. The van der Waals surface area contributed by atoms with Crippen molar-refractivity contribution in [3.63, 3.8) is 0 Å². The van der Waals surface area contributed by atoms with Crippen LogP contribution in [0.3, 0.4) is 0 Å². The zero-order valence-corrected chi connectivity index (χ0v) is 14.7. The number of amides is 1. The number of aromatic nitrogens is 3. The third kappa shape index (κ3) is 3.62. The first kappa shape index (κ1) is 16.4. The van der Waals surface area contributed by atoms with E-state index in [-0.39, 0.29) is 12.0 Å². The second-order valence-corrected chi connectivity index (χ2v) is 7.93. The number of aromatic amines is 2. The fraction of sp³-hybridized carbons (Fsp3) is 0.444. The molecule has 6 nitrogen and oxygen atoms in total. The van der Waals surface area contributed by atoms with Crippen LogP contribution in [0.2, 0.25) is 0 Å². The van der Waals surface area contributed by atoms with Crippen LogP contribution in [0.1, 0.15) is 36.1 Å². The van der Waals surface area contributed by atoms with E-state index < -0.39 is 0 Å². The monoisotopic (exact) mass is 358 g/mol. The van der Waals surface area contributed by atoms with E-state index in [1.54, 1.807) is 23.9 Å². The summed E-state index contributed by atoms with van der Waals surface area (Å²) in [5.41, 5.74) is 2.44. The molecule has 0 spiro atoms. The second-order valence-electron chi connectivity index (χ2n) is 6.79. The number of H-pyrrole nitrogens is 2. The molecule has 132 valence electrons. The number of thiophene rings is 1. The number of nitrogens with one attached hydrogen (secondary N) is 3. The quantitative estimate of drug-likeness (QED) is 0.564. The average molecular weight is 358 g/mol. The standard InChI is InChI=1S/C18H22N4O2S/c23-12-3-1-11(2-4-12)7-13-15(25-14-5-6-20-18(13)14)8-17(24)22-16-9-19-10-21-16/h5-6,9-12,20,23H,1-4,7-8H2,(H,19,21)(H,22,24). The number of anilines is 1. The maximum Gasteiger partial charge on any atom is 0.230 e. The lowest BCUT2D eigenvalue weighted by molar-refractivity contribution is -0.115. The van der Waals surface area contributed by atoms with Crippen molar-refractivity contribution in [2.24, 2.45) is 5.92 Å². The van der Waals surface area contributed by atoms with Gasteiger partial charge in [0.25, 0.3) is 0 Å². The van der Waals surface area contributed by atoms with Crippen LogP contribution in [0, 0.1) is 5.92 Å². The van der Waals surface area contributed by atoms with Gasteiger partial charge in [-0.2, -0.15) is 0 Å². The molecule has 4 N–H and O–H groups in total. The van der Waals surface area contributed by atoms with Crippen LogP contribution in [-0.4, -0.2) is 32.1 Å². The van der Waals surface area contributed by atoms with Gasteiger partial charge in [0, 0.05) is 11.1 Å². The van der Waals surface area contributed by atoms with E-state index >= 15 is 0 Å². The lowest BCUT2D eigenvalue weighted by atomic mass is 9.83. The van der Waals surface area contributed by atoms with Gasteiger partial charge in [-0.05, 0) is 49.7 Å². The van der Waals surface area contributed by atoms with Crippen molar-refractivity contribution in [1.29, 1.82) is 0 Å². The number of hydrogen-bond acceptors (Lipinski definition) is 4. The molecule has 1 aliphatic rings. The molecular formula is C18H22N4O2S. The van der Waals surface area contributed by atoms with Crippen LogP contribution in [0.4, 0.5) is 5.82 Å². The highest BCUT2D eigenvalue weighted by molar-refractivity contribution is 7.19. The predicted molar refractivity (Wildman–Crippen MR) is 98.8 cm³/mol. The van der Waals surface area contributed by atoms with Crippen LogP contribution in [0.15, 0.2) is 24.8 Å². The summed E-state index contributed by atoms with van der Waals surface area (Å²) >= 11 is 1.69. The SMILES string of the molecule is O=C(Cc1sc2cc[nH]c2c1CC1CCC(O)CC1)Nc1cnc[nH]1. The Balaban J connectivity index is 1.52. The van der Waals surface area contributed by atoms with Crippen LogP contribution in [0.25, 0.3) is 10.2 Å². The average Bonchev–Trinajstić information content (AvgIpc) is 3.30. The van der Waals surface area contributed by atoms with Gasteiger partial charge in [0.15, 0.2) is 0 Å². The number of carbonyl (C=O) groups excluding carboxylic acids is 1. The van der Waals surface area contributed by atoms with E-state index in [1.165, 1.54) is 15.8 Å². The Morgan fingerprint density at radius 3 is 2.92 bits per heavy atom. The van der Waals surface area contributed by atoms with Gasteiger partial charge < -0.3 is 20.4 Å². The highest BCUT2D eigenvalue weighted by atomic mass is 32.1. The van der Waals surface area contributed by atoms with Gasteiger partial charge in [-0.3, -0.25) is 4.79 Å². The van der Waals surface area contributed by atoms with Crippen LogP contribution in [0.5, 0.6) is 0 Å². The fourth-order valence-corrected chi connectivity index (χ4v) is 4.87. The van der Waals surface area contributed by atoms with E-state index in [9.17, 15) is 9.90 Å². The van der Waals surface area contributed by atoms with Gasteiger partial charge in [-0.25, -0.2) is 4.98 Å². The molecule has 0 radical (unpaired) electrons. The maximum atomic E-state index is 12.4. The second kappa shape index (κ2) is 7.01. The Hall–Kier alpha value is -2.12. The highest BCUT2D eigenvalue weighted by Gasteiger charge is 2.23. The van der Waals surface area contributed by atoms with Gasteiger partial charge >= 0.3 is 0 Å². The van der Waals surface area contributed by atoms with Crippen molar-refractivity contribution >= 4 is 33.3 Å². The minimum atomic E-state index is -0.135. The summed E-state index contributed by atoms with van der Waals surface area (Å²) in [7, 11) is 0. The summed E-state index contributed by atoms with van der Waals surface area (Å²) in [5.74, 6) is 1.17. The summed E-state index contributed by atoms with van der Waals surface area (Å²) < 4.78 is 1.20. The number of aliphatic hydroxyl groups excluding tert-OH is 1. The van der Waals surface area contributed by atoms with Gasteiger partial charge in [0.05, 0.1) is 35.3 Å². The van der Waals surface area contributed by atoms with Crippen molar-refractivity contribution in [3.8, 4) is 0 Å². The molecule has 0 aliphatic heterocycles. The molecule has 7 heteroatoms. The number of hydrogen-bond donors (Lipinski definition) is 4. The molecule has 0 aromatic carbocycles.